The molecule has 23 heavy (non-hydrogen) atoms. The average Bonchev–Trinajstić information content (AvgIpc) is 2.49. The highest BCUT2D eigenvalue weighted by Gasteiger charge is 2.19. The number of rotatable bonds is 0. The summed E-state index contributed by atoms with van der Waals surface area (Å²) in [6.07, 6.45) is 0. The van der Waals surface area contributed by atoms with Crippen molar-refractivity contribution in [3.63, 3.8) is 0 Å². The van der Waals surface area contributed by atoms with E-state index >= 15 is 0 Å². The van der Waals surface area contributed by atoms with Crippen LogP contribution >= 0.6 is 0 Å². The van der Waals surface area contributed by atoms with Crippen LogP contribution in [0.2, 0.25) is 0 Å². The number of aromatic nitrogens is 1. The summed E-state index contributed by atoms with van der Waals surface area (Å²) in [6, 6.07) is 16.1. The number of pyridine rings is 1. The third-order valence-electron chi connectivity index (χ3n) is 3.41. The van der Waals surface area contributed by atoms with Gasteiger partial charge in [0, 0.05) is 17.0 Å². The first-order valence-electron chi connectivity index (χ1n) is 7.35. The number of aromatic hydroxyl groups is 3. The maximum atomic E-state index is 9.48. The molecule has 0 atom stereocenters. The minimum Gasteiger partial charge on any atom is -0.504 e. The zero-order valence-corrected chi connectivity index (χ0v) is 13.5. The van der Waals surface area contributed by atoms with Crippen LogP contribution in [0.15, 0.2) is 54.6 Å². The molecule has 0 amide bonds. The van der Waals surface area contributed by atoms with Crippen molar-refractivity contribution in [2.75, 3.05) is 0 Å². The molecule has 2 aromatic carbocycles. The van der Waals surface area contributed by atoms with Crippen LogP contribution in [0, 0.1) is 0 Å². The molecule has 3 N–H and O–H groups in total. The summed E-state index contributed by atoms with van der Waals surface area (Å²) in [5.41, 5.74) is 1.46. The summed E-state index contributed by atoms with van der Waals surface area (Å²) in [6.45, 7) is 5.96. The first kappa shape index (κ1) is 16.6. The number of phenols is 2. The fraction of sp³-hybridized carbons (Fsp3) is 0.211. The molecule has 0 unspecified atom stereocenters. The summed E-state index contributed by atoms with van der Waals surface area (Å²) >= 11 is 0. The lowest BCUT2D eigenvalue weighted by molar-refractivity contribution is 0.389. The molecule has 0 saturated heterocycles. The van der Waals surface area contributed by atoms with Crippen LogP contribution in [-0.2, 0) is 5.41 Å². The standard InChI is InChI=1S/C10H14O2.C9H7NO/c1-10(2,3)7-5-4-6-8(11)9(7)12;11-9-6-5-7-3-1-2-4-8(7)10-9/h4-6,11-12H,1-3H3;1-6H,(H,10,11). The van der Waals surface area contributed by atoms with Gasteiger partial charge in [0.1, 0.15) is 0 Å². The molecule has 0 bridgehead atoms. The van der Waals surface area contributed by atoms with E-state index in [0.717, 1.165) is 16.5 Å². The Balaban J connectivity index is 0.000000167. The van der Waals surface area contributed by atoms with E-state index < -0.39 is 0 Å². The molecule has 3 rings (SSSR count). The Labute approximate surface area is 135 Å². The summed E-state index contributed by atoms with van der Waals surface area (Å²) in [5.74, 6) is 0.0103. The highest BCUT2D eigenvalue weighted by Crippen LogP contribution is 2.36. The summed E-state index contributed by atoms with van der Waals surface area (Å²) < 4.78 is 0. The van der Waals surface area contributed by atoms with Gasteiger partial charge in [-0.25, -0.2) is 4.98 Å². The van der Waals surface area contributed by atoms with Gasteiger partial charge in [0.15, 0.2) is 11.5 Å². The molecule has 0 saturated carbocycles. The van der Waals surface area contributed by atoms with Gasteiger partial charge in [0.2, 0.25) is 5.88 Å². The molecular formula is C19H21NO3. The number of phenolic OH excluding ortho intramolecular Hbond substituents is 2. The molecular weight excluding hydrogens is 290 g/mol. The number of benzene rings is 2. The number of hydrogen-bond acceptors (Lipinski definition) is 4. The Kier molecular flexibility index (Phi) is 4.74. The number of hydrogen-bond donors (Lipinski definition) is 3. The van der Waals surface area contributed by atoms with Gasteiger partial charge in [-0.05, 0) is 23.6 Å². The van der Waals surface area contributed by atoms with Gasteiger partial charge in [-0.1, -0.05) is 51.1 Å². The highest BCUT2D eigenvalue weighted by atomic mass is 16.3. The SMILES string of the molecule is CC(C)(C)c1cccc(O)c1O.Oc1ccc2ccccc2n1. The second-order valence-electron chi connectivity index (χ2n) is 6.29. The smallest absolute Gasteiger partial charge is 0.211 e. The summed E-state index contributed by atoms with van der Waals surface area (Å²) in [5, 5.41) is 28.8. The van der Waals surface area contributed by atoms with Gasteiger partial charge in [-0.2, -0.15) is 0 Å². The van der Waals surface area contributed by atoms with Crippen LogP contribution in [0.3, 0.4) is 0 Å². The molecule has 1 heterocycles. The fourth-order valence-electron chi connectivity index (χ4n) is 2.19. The van der Waals surface area contributed by atoms with Crippen LogP contribution in [0.25, 0.3) is 10.9 Å². The number of fused-ring (bicyclic) bond motifs is 1. The van der Waals surface area contributed by atoms with E-state index in [0.29, 0.717) is 0 Å². The minimum absolute atomic E-state index is 0.00926. The topological polar surface area (TPSA) is 73.6 Å². The second kappa shape index (κ2) is 6.57. The summed E-state index contributed by atoms with van der Waals surface area (Å²) in [7, 11) is 0. The molecule has 0 radical (unpaired) electrons. The third-order valence-corrected chi connectivity index (χ3v) is 3.41. The Morgan fingerprint density at radius 2 is 1.48 bits per heavy atom. The van der Waals surface area contributed by atoms with Crippen LogP contribution in [0.4, 0.5) is 0 Å². The zero-order valence-electron chi connectivity index (χ0n) is 13.5. The molecule has 0 fully saturated rings. The lowest BCUT2D eigenvalue weighted by Gasteiger charge is -2.20. The molecule has 120 valence electrons. The highest BCUT2D eigenvalue weighted by molar-refractivity contribution is 5.78. The van der Waals surface area contributed by atoms with Crippen molar-refractivity contribution in [2.24, 2.45) is 0 Å². The molecule has 4 nitrogen and oxygen atoms in total. The lowest BCUT2D eigenvalue weighted by Crippen LogP contribution is -2.10. The van der Waals surface area contributed by atoms with Crippen molar-refractivity contribution in [2.45, 2.75) is 26.2 Å². The first-order valence-corrected chi connectivity index (χ1v) is 7.35. The van der Waals surface area contributed by atoms with E-state index in [4.69, 9.17) is 5.11 Å². The largest absolute Gasteiger partial charge is 0.504 e. The quantitative estimate of drug-likeness (QED) is 0.540. The maximum absolute atomic E-state index is 9.48. The number of para-hydroxylation sites is 2. The second-order valence-corrected chi connectivity index (χ2v) is 6.29. The molecule has 0 spiro atoms. The molecule has 0 aliphatic rings. The van der Waals surface area contributed by atoms with Crippen molar-refractivity contribution >= 4 is 10.9 Å². The van der Waals surface area contributed by atoms with Gasteiger partial charge in [0.25, 0.3) is 0 Å². The van der Waals surface area contributed by atoms with Crippen LogP contribution in [0.1, 0.15) is 26.3 Å². The predicted octanol–water partition coefficient (Wildman–Crippen LogP) is 4.34. The van der Waals surface area contributed by atoms with Gasteiger partial charge < -0.3 is 15.3 Å². The lowest BCUT2D eigenvalue weighted by atomic mass is 9.86. The van der Waals surface area contributed by atoms with Gasteiger partial charge >= 0.3 is 0 Å². The molecule has 0 aliphatic carbocycles. The molecule has 3 aromatic rings. The van der Waals surface area contributed by atoms with Crippen LogP contribution < -0.4 is 0 Å². The average molecular weight is 311 g/mol. The molecule has 0 aliphatic heterocycles. The van der Waals surface area contributed by atoms with Crippen molar-refractivity contribution in [3.05, 3.63) is 60.2 Å². The Hall–Kier alpha value is -2.75. The van der Waals surface area contributed by atoms with E-state index in [2.05, 4.69) is 4.98 Å². The molecule has 4 heteroatoms. The summed E-state index contributed by atoms with van der Waals surface area (Å²) in [4.78, 5) is 3.93. The predicted molar refractivity (Wildman–Crippen MR) is 91.9 cm³/mol. The van der Waals surface area contributed by atoms with Crippen molar-refractivity contribution in [1.82, 2.24) is 4.98 Å². The number of nitrogens with zero attached hydrogens (tertiary/aromatic N) is 1. The zero-order chi connectivity index (χ0) is 17.0. The van der Waals surface area contributed by atoms with Gasteiger partial charge in [0.05, 0.1) is 5.52 Å². The molecule has 1 aromatic heterocycles. The van der Waals surface area contributed by atoms with Crippen molar-refractivity contribution in [3.8, 4) is 17.4 Å². The minimum atomic E-state index is -0.136. The van der Waals surface area contributed by atoms with E-state index in [-0.39, 0.29) is 22.8 Å². The van der Waals surface area contributed by atoms with Crippen molar-refractivity contribution in [1.29, 1.82) is 0 Å². The fourth-order valence-corrected chi connectivity index (χ4v) is 2.19. The first-order chi connectivity index (χ1) is 10.8. The van der Waals surface area contributed by atoms with Gasteiger partial charge in [-0.3, -0.25) is 0 Å². The Morgan fingerprint density at radius 1 is 0.783 bits per heavy atom. The van der Waals surface area contributed by atoms with E-state index in [1.165, 1.54) is 6.07 Å². The Morgan fingerprint density at radius 3 is 2.13 bits per heavy atom. The monoisotopic (exact) mass is 311 g/mol. The van der Waals surface area contributed by atoms with Crippen LogP contribution in [0.5, 0.6) is 17.4 Å². The Bertz CT molecular complexity index is 807. The normalized spacial score (nSPS) is 10.9. The van der Waals surface area contributed by atoms with E-state index in [9.17, 15) is 10.2 Å². The van der Waals surface area contributed by atoms with Gasteiger partial charge in [-0.15, -0.1) is 0 Å². The van der Waals surface area contributed by atoms with E-state index in [1.54, 1.807) is 12.1 Å². The van der Waals surface area contributed by atoms with Crippen LogP contribution in [-0.4, -0.2) is 20.3 Å². The third kappa shape index (κ3) is 4.13. The maximum Gasteiger partial charge on any atom is 0.211 e. The van der Waals surface area contributed by atoms with E-state index in [1.807, 2.05) is 57.2 Å². The van der Waals surface area contributed by atoms with Crippen molar-refractivity contribution < 1.29 is 15.3 Å².